The minimum absolute atomic E-state index is 0.0312. The molecule has 0 spiro atoms. The van der Waals surface area contributed by atoms with E-state index in [0.717, 1.165) is 18.5 Å². The number of carbonyl (C=O) groups excluding carboxylic acids is 2. The molecule has 2 fully saturated rings. The van der Waals surface area contributed by atoms with Gasteiger partial charge in [0.25, 0.3) is 5.91 Å². The number of amides is 2. The molecule has 4 rings (SSSR count). The second kappa shape index (κ2) is 7.55. The molecule has 2 aromatic rings. The van der Waals surface area contributed by atoms with Gasteiger partial charge in [-0.25, -0.2) is 0 Å². The number of nitrogens with one attached hydrogen (secondary N) is 1. The SMILES string of the molecule is Cc1ccc(C(NC(=O)c2ccc(CN3CCCC3=O)cc2)C2CC2)cc1. The number of benzene rings is 2. The zero-order chi connectivity index (χ0) is 18.8. The largest absolute Gasteiger partial charge is 0.345 e. The zero-order valence-electron chi connectivity index (χ0n) is 15.8. The fourth-order valence-corrected chi connectivity index (χ4v) is 3.75. The normalized spacial score (nSPS) is 17.8. The van der Waals surface area contributed by atoms with Crippen molar-refractivity contribution < 1.29 is 9.59 Å². The van der Waals surface area contributed by atoms with Crippen LogP contribution in [0.4, 0.5) is 0 Å². The van der Waals surface area contributed by atoms with E-state index in [0.29, 0.717) is 24.4 Å². The molecule has 2 amide bonds. The van der Waals surface area contributed by atoms with Gasteiger partial charge in [0.2, 0.25) is 5.91 Å². The van der Waals surface area contributed by atoms with E-state index in [2.05, 4.69) is 36.5 Å². The summed E-state index contributed by atoms with van der Waals surface area (Å²) < 4.78 is 0. The molecule has 1 saturated carbocycles. The van der Waals surface area contributed by atoms with E-state index < -0.39 is 0 Å². The molecule has 4 heteroatoms. The first-order valence-electron chi connectivity index (χ1n) is 9.84. The summed E-state index contributed by atoms with van der Waals surface area (Å²) in [4.78, 5) is 26.4. The van der Waals surface area contributed by atoms with Gasteiger partial charge in [-0.3, -0.25) is 9.59 Å². The van der Waals surface area contributed by atoms with Crippen LogP contribution in [0.3, 0.4) is 0 Å². The standard InChI is InChI=1S/C23H26N2O2/c1-16-4-8-18(9-5-16)22(19-12-13-19)24-23(27)20-10-6-17(7-11-20)15-25-14-2-3-21(25)26/h4-11,19,22H,2-3,12-15H2,1H3,(H,24,27). The van der Waals surface area contributed by atoms with Gasteiger partial charge in [0.05, 0.1) is 6.04 Å². The molecule has 0 aromatic heterocycles. The number of aryl methyl sites for hydroxylation is 1. The zero-order valence-corrected chi connectivity index (χ0v) is 15.8. The summed E-state index contributed by atoms with van der Waals surface area (Å²) in [6, 6.07) is 16.2. The topological polar surface area (TPSA) is 49.4 Å². The lowest BCUT2D eigenvalue weighted by Gasteiger charge is -2.19. The number of hydrogen-bond acceptors (Lipinski definition) is 2. The number of nitrogens with zero attached hydrogens (tertiary/aromatic N) is 1. The van der Waals surface area contributed by atoms with E-state index in [1.54, 1.807) is 0 Å². The molecule has 1 unspecified atom stereocenters. The lowest BCUT2D eigenvalue weighted by molar-refractivity contribution is -0.128. The molecule has 27 heavy (non-hydrogen) atoms. The van der Waals surface area contributed by atoms with Gasteiger partial charge in [0.1, 0.15) is 0 Å². The Hall–Kier alpha value is -2.62. The summed E-state index contributed by atoms with van der Waals surface area (Å²) >= 11 is 0. The molecule has 1 saturated heterocycles. The number of likely N-dealkylation sites (tertiary alicyclic amines) is 1. The van der Waals surface area contributed by atoms with Crippen LogP contribution in [0, 0.1) is 12.8 Å². The van der Waals surface area contributed by atoms with Crippen LogP contribution in [0.2, 0.25) is 0 Å². The van der Waals surface area contributed by atoms with E-state index in [9.17, 15) is 9.59 Å². The summed E-state index contributed by atoms with van der Waals surface area (Å²) in [7, 11) is 0. The smallest absolute Gasteiger partial charge is 0.251 e. The first-order chi connectivity index (χ1) is 13.1. The maximum absolute atomic E-state index is 12.8. The first kappa shape index (κ1) is 17.8. The maximum atomic E-state index is 12.8. The van der Waals surface area contributed by atoms with E-state index in [-0.39, 0.29) is 17.9 Å². The average Bonchev–Trinajstić information content (AvgIpc) is 3.44. The highest BCUT2D eigenvalue weighted by molar-refractivity contribution is 5.94. The highest BCUT2D eigenvalue weighted by Gasteiger charge is 2.33. The van der Waals surface area contributed by atoms with Gasteiger partial charge in [-0.05, 0) is 55.4 Å². The van der Waals surface area contributed by atoms with Crippen LogP contribution < -0.4 is 5.32 Å². The maximum Gasteiger partial charge on any atom is 0.251 e. The summed E-state index contributed by atoms with van der Waals surface area (Å²) in [5.74, 6) is 0.732. The molecule has 0 bridgehead atoms. The lowest BCUT2D eigenvalue weighted by atomic mass is 10.0. The number of rotatable bonds is 6. The first-order valence-corrected chi connectivity index (χ1v) is 9.84. The Kier molecular flexibility index (Phi) is 4.97. The molecule has 1 atom stereocenters. The predicted octanol–water partition coefficient (Wildman–Crippen LogP) is 4.00. The summed E-state index contributed by atoms with van der Waals surface area (Å²) in [5, 5.41) is 3.23. The molecule has 1 aliphatic heterocycles. The van der Waals surface area contributed by atoms with Gasteiger partial charge in [0, 0.05) is 25.1 Å². The van der Waals surface area contributed by atoms with E-state index in [1.165, 1.54) is 24.0 Å². The molecule has 1 N–H and O–H groups in total. The third-order valence-corrected chi connectivity index (χ3v) is 5.58. The van der Waals surface area contributed by atoms with E-state index >= 15 is 0 Å². The fraction of sp³-hybridized carbons (Fsp3) is 0.391. The Bertz CT molecular complexity index is 822. The molecular weight excluding hydrogens is 336 g/mol. The van der Waals surface area contributed by atoms with Crippen molar-refractivity contribution in [1.82, 2.24) is 10.2 Å². The van der Waals surface area contributed by atoms with Crippen LogP contribution in [0.1, 0.15) is 58.8 Å². The van der Waals surface area contributed by atoms with Crippen molar-refractivity contribution >= 4 is 11.8 Å². The Morgan fingerprint density at radius 3 is 2.41 bits per heavy atom. The number of hydrogen-bond donors (Lipinski definition) is 1. The molecule has 2 aromatic carbocycles. The predicted molar refractivity (Wildman–Crippen MR) is 105 cm³/mol. The van der Waals surface area contributed by atoms with Crippen LogP contribution in [-0.2, 0) is 11.3 Å². The summed E-state index contributed by atoms with van der Waals surface area (Å²) in [6.07, 6.45) is 3.94. The van der Waals surface area contributed by atoms with Crippen molar-refractivity contribution in [2.24, 2.45) is 5.92 Å². The highest BCUT2D eigenvalue weighted by Crippen LogP contribution is 2.41. The summed E-state index contributed by atoms with van der Waals surface area (Å²) in [5.41, 5.74) is 4.15. The van der Waals surface area contributed by atoms with Crippen LogP contribution in [0.5, 0.6) is 0 Å². The second-order valence-electron chi connectivity index (χ2n) is 7.82. The van der Waals surface area contributed by atoms with Crippen molar-refractivity contribution in [3.05, 3.63) is 70.8 Å². The lowest BCUT2D eigenvalue weighted by Crippen LogP contribution is -2.30. The Labute approximate surface area is 160 Å². The van der Waals surface area contributed by atoms with Gasteiger partial charge in [-0.15, -0.1) is 0 Å². The van der Waals surface area contributed by atoms with Crippen LogP contribution in [0.25, 0.3) is 0 Å². The van der Waals surface area contributed by atoms with Gasteiger partial charge in [0.15, 0.2) is 0 Å². The number of carbonyl (C=O) groups is 2. The third-order valence-electron chi connectivity index (χ3n) is 5.58. The molecule has 1 aliphatic carbocycles. The van der Waals surface area contributed by atoms with E-state index in [1.807, 2.05) is 29.2 Å². The summed E-state index contributed by atoms with van der Waals surface area (Å²) in [6.45, 7) is 3.54. The molecule has 140 valence electrons. The van der Waals surface area contributed by atoms with Gasteiger partial charge in [-0.2, -0.15) is 0 Å². The van der Waals surface area contributed by atoms with Crippen molar-refractivity contribution in [3.8, 4) is 0 Å². The Morgan fingerprint density at radius 2 is 1.81 bits per heavy atom. The highest BCUT2D eigenvalue weighted by atomic mass is 16.2. The fourth-order valence-electron chi connectivity index (χ4n) is 3.75. The van der Waals surface area contributed by atoms with Crippen molar-refractivity contribution in [2.45, 2.75) is 45.2 Å². The second-order valence-corrected chi connectivity index (χ2v) is 7.82. The van der Waals surface area contributed by atoms with Crippen molar-refractivity contribution in [2.75, 3.05) is 6.54 Å². The van der Waals surface area contributed by atoms with Gasteiger partial charge >= 0.3 is 0 Å². The molecule has 0 radical (unpaired) electrons. The monoisotopic (exact) mass is 362 g/mol. The van der Waals surface area contributed by atoms with Crippen molar-refractivity contribution in [1.29, 1.82) is 0 Å². The van der Waals surface area contributed by atoms with Gasteiger partial charge in [-0.1, -0.05) is 42.0 Å². The Balaban J connectivity index is 1.42. The van der Waals surface area contributed by atoms with Crippen molar-refractivity contribution in [3.63, 3.8) is 0 Å². The Morgan fingerprint density at radius 1 is 1.11 bits per heavy atom. The molecule has 1 heterocycles. The molecule has 2 aliphatic rings. The molecule has 4 nitrogen and oxygen atoms in total. The minimum Gasteiger partial charge on any atom is -0.345 e. The quantitative estimate of drug-likeness (QED) is 0.844. The van der Waals surface area contributed by atoms with Crippen LogP contribution in [0.15, 0.2) is 48.5 Å². The molecular formula is C23H26N2O2. The average molecular weight is 362 g/mol. The van der Waals surface area contributed by atoms with Crippen LogP contribution in [-0.4, -0.2) is 23.3 Å². The van der Waals surface area contributed by atoms with E-state index in [4.69, 9.17) is 0 Å². The van der Waals surface area contributed by atoms with Crippen LogP contribution >= 0.6 is 0 Å². The third kappa shape index (κ3) is 4.21. The van der Waals surface area contributed by atoms with Gasteiger partial charge < -0.3 is 10.2 Å². The minimum atomic E-state index is -0.0312.